The molecule has 0 aliphatic rings. The van der Waals surface area contributed by atoms with E-state index in [1.807, 2.05) is 18.2 Å². The molecule has 1 unspecified atom stereocenters. The Kier molecular flexibility index (Phi) is 6.39. The first-order valence-electron chi connectivity index (χ1n) is 6.60. The zero-order valence-corrected chi connectivity index (χ0v) is 12.0. The number of methoxy groups -OCH3 is 1. The van der Waals surface area contributed by atoms with Gasteiger partial charge in [-0.1, -0.05) is 30.3 Å². The number of nitrogens with one attached hydrogen (secondary N) is 1. The molecule has 0 saturated carbocycles. The normalized spacial score (nSPS) is 13.0. The van der Waals surface area contributed by atoms with E-state index in [4.69, 9.17) is 5.11 Å². The van der Waals surface area contributed by atoms with Crippen LogP contribution in [0.4, 0.5) is 0 Å². The summed E-state index contributed by atoms with van der Waals surface area (Å²) in [6.07, 6.45) is -0.0667. The van der Waals surface area contributed by atoms with Crippen molar-refractivity contribution < 1.29 is 24.2 Å². The molecule has 1 aromatic rings. The monoisotopic (exact) mass is 293 g/mol. The van der Waals surface area contributed by atoms with Crippen molar-refractivity contribution in [1.82, 2.24) is 5.32 Å². The van der Waals surface area contributed by atoms with Crippen LogP contribution in [0.15, 0.2) is 30.3 Å². The minimum Gasteiger partial charge on any atom is -0.480 e. The van der Waals surface area contributed by atoms with Gasteiger partial charge in [-0.25, -0.2) is 4.79 Å². The Morgan fingerprint density at radius 2 is 1.86 bits per heavy atom. The first-order valence-corrected chi connectivity index (χ1v) is 6.60. The summed E-state index contributed by atoms with van der Waals surface area (Å²) in [6.45, 7) is 1.70. The lowest BCUT2D eigenvalue weighted by Crippen LogP contribution is -2.42. The van der Waals surface area contributed by atoms with Crippen molar-refractivity contribution in [1.29, 1.82) is 0 Å². The highest BCUT2D eigenvalue weighted by Crippen LogP contribution is 2.15. The van der Waals surface area contributed by atoms with E-state index in [1.165, 1.54) is 7.11 Å². The molecular formula is C15H19NO5. The van der Waals surface area contributed by atoms with E-state index in [0.717, 1.165) is 5.56 Å². The third-order valence-corrected chi connectivity index (χ3v) is 3.17. The van der Waals surface area contributed by atoms with Gasteiger partial charge in [-0.15, -0.1) is 0 Å². The van der Waals surface area contributed by atoms with Crippen LogP contribution in [0.1, 0.15) is 31.2 Å². The Hall–Kier alpha value is -2.37. The van der Waals surface area contributed by atoms with E-state index in [0.29, 0.717) is 0 Å². The van der Waals surface area contributed by atoms with Crippen LogP contribution >= 0.6 is 0 Å². The number of benzene rings is 1. The number of rotatable bonds is 7. The first kappa shape index (κ1) is 16.7. The first-order chi connectivity index (χ1) is 9.95. The number of hydrogen-bond donors (Lipinski definition) is 2. The number of amides is 1. The Labute approximate surface area is 123 Å². The molecule has 2 N–H and O–H groups in total. The molecule has 0 fully saturated rings. The zero-order valence-electron chi connectivity index (χ0n) is 12.0. The summed E-state index contributed by atoms with van der Waals surface area (Å²) in [7, 11) is 1.23. The van der Waals surface area contributed by atoms with Gasteiger partial charge in [0.25, 0.3) is 0 Å². The van der Waals surface area contributed by atoms with E-state index in [1.54, 1.807) is 19.1 Å². The number of carboxylic acid groups (broad SMARTS) is 1. The lowest BCUT2D eigenvalue weighted by molar-refractivity contribution is -0.144. The van der Waals surface area contributed by atoms with Gasteiger partial charge in [0.15, 0.2) is 0 Å². The number of aliphatic carboxylic acids is 1. The molecule has 1 aromatic carbocycles. The number of ether oxygens (including phenoxy) is 1. The van der Waals surface area contributed by atoms with Gasteiger partial charge < -0.3 is 15.2 Å². The molecule has 6 heteroatoms. The second kappa shape index (κ2) is 8.04. The Bertz CT molecular complexity index is 500. The molecule has 1 amide bonds. The standard InChI is InChI=1S/C15H19NO5/c1-10(11-6-4-3-5-7-11)14(18)16-12(15(19)20)8-9-13(17)21-2/h3-7,10,12H,8-9H2,1-2H3,(H,16,18)(H,19,20)/t10?,12-/m0/s1. The maximum atomic E-state index is 12.1. The molecule has 0 radical (unpaired) electrons. The predicted molar refractivity (Wildman–Crippen MR) is 75.7 cm³/mol. The van der Waals surface area contributed by atoms with E-state index in [9.17, 15) is 14.4 Å². The third kappa shape index (κ3) is 5.25. The van der Waals surface area contributed by atoms with Crippen molar-refractivity contribution in [3.63, 3.8) is 0 Å². The van der Waals surface area contributed by atoms with Gasteiger partial charge in [-0.05, 0) is 18.9 Å². The van der Waals surface area contributed by atoms with Crippen LogP contribution in [0.3, 0.4) is 0 Å². The number of hydrogen-bond acceptors (Lipinski definition) is 4. The molecule has 0 aromatic heterocycles. The lowest BCUT2D eigenvalue weighted by atomic mass is 10.00. The highest BCUT2D eigenvalue weighted by Gasteiger charge is 2.24. The van der Waals surface area contributed by atoms with Crippen molar-refractivity contribution in [3.8, 4) is 0 Å². The highest BCUT2D eigenvalue weighted by molar-refractivity contribution is 5.88. The molecule has 6 nitrogen and oxygen atoms in total. The molecule has 0 spiro atoms. The minimum atomic E-state index is -1.17. The maximum Gasteiger partial charge on any atom is 0.326 e. The Balaban J connectivity index is 2.64. The van der Waals surface area contributed by atoms with Crippen LogP contribution in [0.25, 0.3) is 0 Å². The fourth-order valence-electron chi connectivity index (χ4n) is 1.81. The quantitative estimate of drug-likeness (QED) is 0.739. The van der Waals surface area contributed by atoms with Gasteiger partial charge >= 0.3 is 11.9 Å². The van der Waals surface area contributed by atoms with Gasteiger partial charge in [0.1, 0.15) is 6.04 Å². The number of carbonyl (C=O) groups is 3. The van der Waals surface area contributed by atoms with Crippen molar-refractivity contribution >= 4 is 17.8 Å². The van der Waals surface area contributed by atoms with Crippen LogP contribution in [-0.2, 0) is 19.1 Å². The number of esters is 1. The largest absolute Gasteiger partial charge is 0.480 e. The molecule has 0 heterocycles. The van der Waals surface area contributed by atoms with Crippen LogP contribution in [0.2, 0.25) is 0 Å². The summed E-state index contributed by atoms with van der Waals surface area (Å²) < 4.78 is 4.46. The van der Waals surface area contributed by atoms with Crippen LogP contribution in [0.5, 0.6) is 0 Å². The number of carbonyl (C=O) groups excluding carboxylic acids is 2. The second-order valence-electron chi connectivity index (χ2n) is 4.65. The fraction of sp³-hybridized carbons (Fsp3) is 0.400. The number of carboxylic acids is 1. The highest BCUT2D eigenvalue weighted by atomic mass is 16.5. The molecular weight excluding hydrogens is 274 g/mol. The van der Waals surface area contributed by atoms with Crippen LogP contribution in [0, 0.1) is 0 Å². The predicted octanol–water partition coefficient (Wildman–Crippen LogP) is 1.31. The molecule has 0 bridgehead atoms. The van der Waals surface area contributed by atoms with E-state index >= 15 is 0 Å². The minimum absolute atomic E-state index is 0.00471. The molecule has 0 saturated heterocycles. The summed E-state index contributed by atoms with van der Waals surface area (Å²) in [4.78, 5) is 34.3. The maximum absolute atomic E-state index is 12.1. The van der Waals surface area contributed by atoms with E-state index in [2.05, 4.69) is 10.1 Å². The average Bonchev–Trinajstić information content (AvgIpc) is 2.50. The van der Waals surface area contributed by atoms with Crippen molar-refractivity contribution in [2.75, 3.05) is 7.11 Å². The average molecular weight is 293 g/mol. The van der Waals surface area contributed by atoms with E-state index in [-0.39, 0.29) is 12.8 Å². The van der Waals surface area contributed by atoms with Crippen LogP contribution in [-0.4, -0.2) is 36.1 Å². The smallest absolute Gasteiger partial charge is 0.326 e. The molecule has 1 rings (SSSR count). The van der Waals surface area contributed by atoms with Gasteiger partial charge in [0.2, 0.25) is 5.91 Å². The van der Waals surface area contributed by atoms with Gasteiger partial charge in [0.05, 0.1) is 13.0 Å². The Morgan fingerprint density at radius 3 is 2.38 bits per heavy atom. The topological polar surface area (TPSA) is 92.7 Å². The van der Waals surface area contributed by atoms with Crippen molar-refractivity contribution in [2.45, 2.75) is 31.7 Å². The summed E-state index contributed by atoms with van der Waals surface area (Å²) >= 11 is 0. The molecule has 21 heavy (non-hydrogen) atoms. The third-order valence-electron chi connectivity index (χ3n) is 3.17. The summed E-state index contributed by atoms with van der Waals surface area (Å²) in [5, 5.41) is 11.5. The second-order valence-corrected chi connectivity index (χ2v) is 4.65. The summed E-state index contributed by atoms with van der Waals surface area (Å²) in [6, 6.07) is 7.95. The SMILES string of the molecule is COC(=O)CC[C@H](NC(=O)C(C)c1ccccc1)C(=O)O. The molecule has 0 aliphatic heterocycles. The van der Waals surface area contributed by atoms with Crippen LogP contribution < -0.4 is 5.32 Å². The molecule has 114 valence electrons. The van der Waals surface area contributed by atoms with Gasteiger partial charge in [-0.2, -0.15) is 0 Å². The van der Waals surface area contributed by atoms with Crippen molar-refractivity contribution in [3.05, 3.63) is 35.9 Å². The van der Waals surface area contributed by atoms with Crippen molar-refractivity contribution in [2.24, 2.45) is 0 Å². The fourth-order valence-corrected chi connectivity index (χ4v) is 1.81. The summed E-state index contributed by atoms with van der Waals surface area (Å²) in [5.74, 6) is -2.54. The lowest BCUT2D eigenvalue weighted by Gasteiger charge is -2.17. The zero-order chi connectivity index (χ0) is 15.8. The van der Waals surface area contributed by atoms with Gasteiger partial charge in [-0.3, -0.25) is 9.59 Å². The molecule has 2 atom stereocenters. The molecule has 0 aliphatic carbocycles. The Morgan fingerprint density at radius 1 is 1.24 bits per heavy atom. The van der Waals surface area contributed by atoms with E-state index < -0.39 is 29.8 Å². The summed E-state index contributed by atoms with van der Waals surface area (Å²) in [5.41, 5.74) is 0.798. The van der Waals surface area contributed by atoms with Gasteiger partial charge in [0, 0.05) is 6.42 Å².